The van der Waals surface area contributed by atoms with Gasteiger partial charge in [-0.25, -0.2) is 0 Å². The normalized spacial score (nSPS) is 22.6. The SMILES string of the molecule is CCCCCCCCCCCCCCCCCCO[C@@]1(CCCCCCCCCCCCCCCCCC)CO[C@@H]2[C@H](O)CO[C@@H]21. The van der Waals surface area contributed by atoms with Crippen molar-refractivity contribution in [3.8, 4) is 0 Å². The lowest BCUT2D eigenvalue weighted by Gasteiger charge is -2.33. The van der Waals surface area contributed by atoms with Crippen LogP contribution in [-0.2, 0) is 14.2 Å². The van der Waals surface area contributed by atoms with Crippen molar-refractivity contribution in [3.63, 3.8) is 0 Å². The van der Waals surface area contributed by atoms with Crippen molar-refractivity contribution in [3.05, 3.63) is 0 Å². The van der Waals surface area contributed by atoms with E-state index in [2.05, 4.69) is 13.8 Å². The highest BCUT2D eigenvalue weighted by Crippen LogP contribution is 2.40. The van der Waals surface area contributed by atoms with Crippen LogP contribution >= 0.6 is 0 Å². The number of unbranched alkanes of at least 4 members (excludes halogenated alkanes) is 30. The minimum atomic E-state index is -0.503. The first-order chi connectivity index (χ1) is 22.7. The van der Waals surface area contributed by atoms with E-state index >= 15 is 0 Å². The minimum Gasteiger partial charge on any atom is -0.388 e. The third-order valence-electron chi connectivity index (χ3n) is 11.0. The molecule has 0 radical (unpaired) electrons. The van der Waals surface area contributed by atoms with Gasteiger partial charge >= 0.3 is 0 Å². The number of fused-ring (bicyclic) bond motifs is 1. The van der Waals surface area contributed by atoms with Gasteiger partial charge in [-0.3, -0.25) is 0 Å². The van der Waals surface area contributed by atoms with Crippen molar-refractivity contribution in [1.29, 1.82) is 0 Å². The molecule has 0 aliphatic carbocycles. The van der Waals surface area contributed by atoms with Crippen molar-refractivity contribution >= 4 is 0 Å². The molecule has 0 amide bonds. The maximum Gasteiger partial charge on any atom is 0.120 e. The van der Waals surface area contributed by atoms with Gasteiger partial charge in [-0.15, -0.1) is 0 Å². The van der Waals surface area contributed by atoms with E-state index < -0.39 is 6.10 Å². The predicted molar refractivity (Wildman–Crippen MR) is 198 cm³/mol. The van der Waals surface area contributed by atoms with E-state index in [1.165, 1.54) is 199 Å². The first-order valence-corrected chi connectivity index (χ1v) is 21.3. The lowest BCUT2D eigenvalue weighted by atomic mass is 9.89. The van der Waals surface area contributed by atoms with Gasteiger partial charge in [0.05, 0.1) is 13.2 Å². The van der Waals surface area contributed by atoms with Crippen molar-refractivity contribution in [2.75, 3.05) is 19.8 Å². The van der Waals surface area contributed by atoms with Crippen LogP contribution in [0.4, 0.5) is 0 Å². The molecule has 0 bridgehead atoms. The number of rotatable bonds is 35. The van der Waals surface area contributed by atoms with Gasteiger partial charge in [0, 0.05) is 6.61 Å². The Labute approximate surface area is 288 Å². The lowest BCUT2D eigenvalue weighted by molar-refractivity contribution is -0.121. The summed E-state index contributed by atoms with van der Waals surface area (Å²) in [5.74, 6) is 0. The summed E-state index contributed by atoms with van der Waals surface area (Å²) in [6, 6.07) is 0. The number of hydrogen-bond donors (Lipinski definition) is 1. The van der Waals surface area contributed by atoms with Gasteiger partial charge in [-0.2, -0.15) is 0 Å². The van der Waals surface area contributed by atoms with Gasteiger partial charge in [0.1, 0.15) is 23.9 Å². The number of aliphatic hydroxyl groups excluding tert-OH is 1. The standard InChI is InChI=1S/C42H82O4/c1-3-5-7-9-11-13-15-17-19-21-23-25-27-29-31-33-35-42(38-45-40-39(43)37-44-41(40)42)46-36-34-32-30-28-26-24-22-20-18-16-14-12-10-8-6-4-2/h39-41,43H,3-38H2,1-2H3/t39-,40-,41+,42+/m1/s1. The van der Waals surface area contributed by atoms with E-state index in [1.54, 1.807) is 0 Å². The molecule has 0 aromatic rings. The summed E-state index contributed by atoms with van der Waals surface area (Å²) < 4.78 is 18.8. The molecule has 2 fully saturated rings. The molecule has 0 aromatic carbocycles. The highest BCUT2D eigenvalue weighted by Gasteiger charge is 2.56. The van der Waals surface area contributed by atoms with E-state index in [-0.39, 0.29) is 17.8 Å². The molecule has 1 N–H and O–H groups in total. The average molecular weight is 651 g/mol. The molecule has 2 aliphatic heterocycles. The van der Waals surface area contributed by atoms with E-state index in [0.717, 1.165) is 19.4 Å². The average Bonchev–Trinajstić information content (AvgIpc) is 3.62. The van der Waals surface area contributed by atoms with Crippen LogP contribution in [-0.4, -0.2) is 48.8 Å². The van der Waals surface area contributed by atoms with Crippen LogP contribution in [0.2, 0.25) is 0 Å². The number of ether oxygens (including phenoxy) is 3. The number of hydrogen-bond acceptors (Lipinski definition) is 4. The van der Waals surface area contributed by atoms with E-state index in [9.17, 15) is 5.11 Å². The largest absolute Gasteiger partial charge is 0.388 e. The van der Waals surface area contributed by atoms with Gasteiger partial charge in [-0.05, 0) is 12.8 Å². The zero-order valence-electron chi connectivity index (χ0n) is 31.4. The van der Waals surface area contributed by atoms with E-state index in [4.69, 9.17) is 14.2 Å². The molecule has 2 heterocycles. The van der Waals surface area contributed by atoms with Crippen molar-refractivity contribution in [2.45, 2.75) is 250 Å². The summed E-state index contributed by atoms with van der Waals surface area (Å²) >= 11 is 0. The molecule has 4 nitrogen and oxygen atoms in total. The summed E-state index contributed by atoms with van der Waals surface area (Å²) in [7, 11) is 0. The second-order valence-corrected chi connectivity index (χ2v) is 15.4. The molecule has 0 unspecified atom stereocenters. The molecule has 46 heavy (non-hydrogen) atoms. The van der Waals surface area contributed by atoms with Crippen molar-refractivity contribution in [2.24, 2.45) is 0 Å². The lowest BCUT2D eigenvalue weighted by Crippen LogP contribution is -2.46. The quantitative estimate of drug-likeness (QED) is 0.0693. The van der Waals surface area contributed by atoms with Crippen molar-refractivity contribution < 1.29 is 19.3 Å². The third kappa shape index (κ3) is 19.7. The number of aliphatic hydroxyl groups is 1. The summed E-state index contributed by atoms with van der Waals surface area (Å²) in [5.41, 5.74) is -0.354. The molecule has 274 valence electrons. The Balaban J connectivity index is 1.44. The van der Waals surface area contributed by atoms with Crippen LogP contribution in [0.25, 0.3) is 0 Å². The summed E-state index contributed by atoms with van der Waals surface area (Å²) in [6.07, 6.45) is 44.6. The second kappa shape index (κ2) is 29.7. The van der Waals surface area contributed by atoms with Crippen LogP contribution in [0.3, 0.4) is 0 Å². The van der Waals surface area contributed by atoms with Gasteiger partial charge in [0.15, 0.2) is 0 Å². The van der Waals surface area contributed by atoms with Gasteiger partial charge in [0.2, 0.25) is 0 Å². The Kier molecular flexibility index (Phi) is 27.2. The monoisotopic (exact) mass is 651 g/mol. The van der Waals surface area contributed by atoms with Crippen LogP contribution in [0.5, 0.6) is 0 Å². The Morgan fingerprint density at radius 1 is 0.478 bits per heavy atom. The molecule has 4 heteroatoms. The molecule has 0 aromatic heterocycles. The first-order valence-electron chi connectivity index (χ1n) is 21.3. The minimum absolute atomic E-state index is 0.0973. The summed E-state index contributed by atoms with van der Waals surface area (Å²) in [6.45, 7) is 6.36. The third-order valence-corrected chi connectivity index (χ3v) is 11.0. The molecule has 0 spiro atoms. The fourth-order valence-corrected chi connectivity index (χ4v) is 7.87. The summed E-state index contributed by atoms with van der Waals surface area (Å²) in [4.78, 5) is 0. The molecule has 2 aliphatic rings. The molecule has 4 atom stereocenters. The highest BCUT2D eigenvalue weighted by atomic mass is 16.6. The molecular weight excluding hydrogens is 568 g/mol. The first kappa shape index (κ1) is 42.0. The molecule has 0 saturated carbocycles. The zero-order chi connectivity index (χ0) is 32.8. The fourth-order valence-electron chi connectivity index (χ4n) is 7.87. The van der Waals surface area contributed by atoms with Gasteiger partial charge in [-0.1, -0.05) is 213 Å². The van der Waals surface area contributed by atoms with Crippen molar-refractivity contribution in [1.82, 2.24) is 0 Å². The molecular formula is C42H82O4. The Hall–Kier alpha value is -0.160. The topological polar surface area (TPSA) is 47.9 Å². The van der Waals surface area contributed by atoms with Crippen LogP contribution in [0.1, 0.15) is 226 Å². The highest BCUT2D eigenvalue weighted by molar-refractivity contribution is 5.05. The van der Waals surface area contributed by atoms with E-state index in [0.29, 0.717) is 13.2 Å². The Morgan fingerprint density at radius 3 is 1.22 bits per heavy atom. The maximum absolute atomic E-state index is 10.4. The molecule has 2 rings (SSSR count). The maximum atomic E-state index is 10.4. The van der Waals surface area contributed by atoms with Crippen LogP contribution in [0.15, 0.2) is 0 Å². The van der Waals surface area contributed by atoms with Crippen LogP contribution in [0, 0.1) is 0 Å². The Bertz CT molecular complexity index is 641. The van der Waals surface area contributed by atoms with E-state index in [1.807, 2.05) is 0 Å². The summed E-state index contributed by atoms with van der Waals surface area (Å²) in [5, 5.41) is 10.4. The second-order valence-electron chi connectivity index (χ2n) is 15.4. The van der Waals surface area contributed by atoms with Gasteiger partial charge < -0.3 is 19.3 Å². The predicted octanol–water partition coefficient (Wildman–Crippen LogP) is 12.8. The smallest absolute Gasteiger partial charge is 0.120 e. The Morgan fingerprint density at radius 2 is 0.826 bits per heavy atom. The zero-order valence-corrected chi connectivity index (χ0v) is 31.4. The molecule has 2 saturated heterocycles. The van der Waals surface area contributed by atoms with Crippen LogP contribution < -0.4 is 0 Å². The fraction of sp³-hybridized carbons (Fsp3) is 1.00. The van der Waals surface area contributed by atoms with Gasteiger partial charge in [0.25, 0.3) is 0 Å².